The molecule has 2 nitrogen and oxygen atoms in total. The zero-order valence-electron chi connectivity index (χ0n) is 11.6. The highest BCUT2D eigenvalue weighted by Crippen LogP contribution is 2.27. The molecule has 1 aliphatic carbocycles. The molecule has 18 heavy (non-hydrogen) atoms. The van der Waals surface area contributed by atoms with Crippen molar-refractivity contribution >= 4 is 11.3 Å². The lowest BCUT2D eigenvalue weighted by atomic mass is 10.0. The average Bonchev–Trinajstić information content (AvgIpc) is 2.72. The first-order valence-electron chi connectivity index (χ1n) is 7.51. The molecular formula is C15H26N2S. The molecule has 0 saturated heterocycles. The van der Waals surface area contributed by atoms with Gasteiger partial charge in [-0.25, -0.2) is 4.98 Å². The lowest BCUT2D eigenvalue weighted by Crippen LogP contribution is -2.04. The van der Waals surface area contributed by atoms with E-state index in [4.69, 9.17) is 10.7 Å². The summed E-state index contributed by atoms with van der Waals surface area (Å²) in [5.41, 5.74) is 7.32. The van der Waals surface area contributed by atoms with Crippen molar-refractivity contribution in [1.82, 2.24) is 4.98 Å². The third-order valence-corrected chi connectivity index (χ3v) is 5.11. The number of rotatable bonds is 1. The predicted octanol–water partition coefficient (Wildman–Crippen LogP) is 4.38. The smallest absolute Gasteiger partial charge is 0.110 e. The van der Waals surface area contributed by atoms with Gasteiger partial charge >= 0.3 is 0 Å². The molecule has 0 fully saturated rings. The molecule has 1 aliphatic rings. The monoisotopic (exact) mass is 266 g/mol. The van der Waals surface area contributed by atoms with E-state index < -0.39 is 0 Å². The molecule has 1 aromatic rings. The van der Waals surface area contributed by atoms with Gasteiger partial charge in [0.15, 0.2) is 0 Å². The Labute approximate surface area is 115 Å². The molecular weight excluding hydrogens is 240 g/mol. The Balaban J connectivity index is 2.05. The van der Waals surface area contributed by atoms with E-state index in [-0.39, 0.29) is 6.04 Å². The van der Waals surface area contributed by atoms with Gasteiger partial charge in [-0.15, -0.1) is 11.3 Å². The molecule has 3 heteroatoms. The van der Waals surface area contributed by atoms with E-state index in [0.717, 1.165) is 5.01 Å². The molecule has 1 unspecified atom stereocenters. The van der Waals surface area contributed by atoms with Crippen LogP contribution < -0.4 is 5.73 Å². The summed E-state index contributed by atoms with van der Waals surface area (Å²) in [6.45, 7) is 2.04. The summed E-state index contributed by atoms with van der Waals surface area (Å²) in [5.74, 6) is 0. The highest BCUT2D eigenvalue weighted by molar-refractivity contribution is 7.11. The third-order valence-electron chi connectivity index (χ3n) is 3.75. The number of fused-ring (bicyclic) bond motifs is 1. The maximum absolute atomic E-state index is 5.96. The van der Waals surface area contributed by atoms with Gasteiger partial charge in [-0.2, -0.15) is 0 Å². The van der Waals surface area contributed by atoms with Crippen LogP contribution in [0.5, 0.6) is 0 Å². The Morgan fingerprint density at radius 1 is 0.944 bits per heavy atom. The Bertz CT molecular complexity index is 328. The van der Waals surface area contributed by atoms with Crippen LogP contribution in [0.15, 0.2) is 0 Å². The summed E-state index contributed by atoms with van der Waals surface area (Å²) in [6.07, 6.45) is 13.4. The van der Waals surface area contributed by atoms with E-state index >= 15 is 0 Å². The fourth-order valence-corrected chi connectivity index (χ4v) is 3.73. The second kappa shape index (κ2) is 7.25. The molecule has 0 bridgehead atoms. The molecule has 1 aromatic heterocycles. The van der Waals surface area contributed by atoms with E-state index in [1.165, 1.54) is 74.8 Å². The Morgan fingerprint density at radius 3 is 2.11 bits per heavy atom. The molecule has 0 spiro atoms. The van der Waals surface area contributed by atoms with Crippen molar-refractivity contribution in [1.29, 1.82) is 0 Å². The summed E-state index contributed by atoms with van der Waals surface area (Å²) in [4.78, 5) is 6.29. The lowest BCUT2D eigenvalue weighted by Gasteiger charge is -2.06. The van der Waals surface area contributed by atoms with Gasteiger partial charge in [0.25, 0.3) is 0 Å². The van der Waals surface area contributed by atoms with Crippen LogP contribution in [0.3, 0.4) is 0 Å². The number of nitrogens with zero attached hydrogens (tertiary/aromatic N) is 1. The van der Waals surface area contributed by atoms with Crippen LogP contribution in [0.25, 0.3) is 0 Å². The van der Waals surface area contributed by atoms with Crippen LogP contribution in [-0.4, -0.2) is 4.98 Å². The fourth-order valence-electron chi connectivity index (χ4n) is 2.63. The summed E-state index contributed by atoms with van der Waals surface area (Å²) in [5, 5.41) is 1.13. The minimum atomic E-state index is 0.0955. The van der Waals surface area contributed by atoms with Crippen molar-refractivity contribution in [2.45, 2.75) is 77.2 Å². The van der Waals surface area contributed by atoms with E-state index in [0.29, 0.717) is 0 Å². The summed E-state index contributed by atoms with van der Waals surface area (Å²) in [7, 11) is 0. The number of hydrogen-bond donors (Lipinski definition) is 1. The fraction of sp³-hybridized carbons (Fsp3) is 0.800. The molecule has 2 rings (SSSR count). The van der Waals surface area contributed by atoms with Gasteiger partial charge in [-0.05, 0) is 32.6 Å². The van der Waals surface area contributed by atoms with Crippen LogP contribution >= 0.6 is 11.3 Å². The van der Waals surface area contributed by atoms with Gasteiger partial charge < -0.3 is 5.73 Å². The number of thiazole rings is 1. The van der Waals surface area contributed by atoms with Crippen molar-refractivity contribution in [2.24, 2.45) is 5.73 Å². The van der Waals surface area contributed by atoms with Crippen molar-refractivity contribution in [3.05, 3.63) is 15.6 Å². The van der Waals surface area contributed by atoms with Gasteiger partial charge in [0.2, 0.25) is 0 Å². The van der Waals surface area contributed by atoms with Gasteiger partial charge in [0.1, 0.15) is 5.01 Å². The largest absolute Gasteiger partial charge is 0.322 e. The number of hydrogen-bond acceptors (Lipinski definition) is 3. The SMILES string of the molecule is CC(N)c1nc2c(s1)CCCCCCCCCC2. The number of aromatic nitrogens is 1. The third kappa shape index (κ3) is 4.06. The number of nitrogens with two attached hydrogens (primary N) is 1. The zero-order chi connectivity index (χ0) is 12.8. The minimum Gasteiger partial charge on any atom is -0.322 e. The minimum absolute atomic E-state index is 0.0955. The van der Waals surface area contributed by atoms with Gasteiger partial charge in [0.05, 0.1) is 11.7 Å². The molecule has 0 saturated carbocycles. The van der Waals surface area contributed by atoms with Crippen LogP contribution in [0.1, 0.15) is 79.9 Å². The molecule has 1 atom stereocenters. The maximum atomic E-state index is 5.96. The van der Waals surface area contributed by atoms with Crippen molar-refractivity contribution in [2.75, 3.05) is 0 Å². The second-order valence-corrected chi connectivity index (χ2v) is 6.65. The lowest BCUT2D eigenvalue weighted by molar-refractivity contribution is 0.559. The Hall–Kier alpha value is -0.410. The molecule has 0 aromatic carbocycles. The first kappa shape index (κ1) is 14.0. The van der Waals surface area contributed by atoms with Crippen LogP contribution in [0.2, 0.25) is 0 Å². The molecule has 102 valence electrons. The van der Waals surface area contributed by atoms with Crippen LogP contribution in [0.4, 0.5) is 0 Å². The predicted molar refractivity (Wildman–Crippen MR) is 79.1 cm³/mol. The second-order valence-electron chi connectivity index (χ2n) is 5.54. The number of aryl methyl sites for hydroxylation is 2. The average molecular weight is 266 g/mol. The first-order valence-corrected chi connectivity index (χ1v) is 8.33. The van der Waals surface area contributed by atoms with Crippen molar-refractivity contribution in [3.63, 3.8) is 0 Å². The highest BCUT2D eigenvalue weighted by atomic mass is 32.1. The Kier molecular flexibility index (Phi) is 5.64. The van der Waals surface area contributed by atoms with Crippen LogP contribution in [-0.2, 0) is 12.8 Å². The van der Waals surface area contributed by atoms with Gasteiger partial charge in [-0.1, -0.05) is 38.5 Å². The van der Waals surface area contributed by atoms with Crippen LogP contribution in [0, 0.1) is 0 Å². The summed E-state index contributed by atoms with van der Waals surface area (Å²) >= 11 is 1.86. The normalized spacial score (nSPS) is 20.6. The quantitative estimate of drug-likeness (QED) is 0.819. The van der Waals surface area contributed by atoms with Crippen molar-refractivity contribution < 1.29 is 0 Å². The topological polar surface area (TPSA) is 38.9 Å². The highest BCUT2D eigenvalue weighted by Gasteiger charge is 2.13. The van der Waals surface area contributed by atoms with E-state index in [9.17, 15) is 0 Å². The maximum Gasteiger partial charge on any atom is 0.110 e. The van der Waals surface area contributed by atoms with E-state index in [1.54, 1.807) is 0 Å². The van der Waals surface area contributed by atoms with Gasteiger partial charge in [-0.3, -0.25) is 0 Å². The standard InChI is InChI=1S/C15H26N2S/c1-12(16)15-17-13-10-8-6-4-2-3-5-7-9-11-14(13)18-15/h12H,2-11,16H2,1H3. The summed E-state index contributed by atoms with van der Waals surface area (Å²) in [6, 6.07) is 0.0955. The van der Waals surface area contributed by atoms with E-state index in [1.807, 2.05) is 18.3 Å². The molecule has 0 radical (unpaired) electrons. The van der Waals surface area contributed by atoms with E-state index in [2.05, 4.69) is 0 Å². The Morgan fingerprint density at radius 2 is 1.50 bits per heavy atom. The first-order chi connectivity index (χ1) is 8.77. The molecule has 1 heterocycles. The molecule has 0 amide bonds. The van der Waals surface area contributed by atoms with Gasteiger partial charge in [0, 0.05) is 4.88 Å². The van der Waals surface area contributed by atoms with Crippen molar-refractivity contribution in [3.8, 4) is 0 Å². The molecule has 0 aliphatic heterocycles. The molecule has 2 N–H and O–H groups in total. The zero-order valence-corrected chi connectivity index (χ0v) is 12.4. The summed E-state index contributed by atoms with van der Waals surface area (Å²) < 4.78 is 0.